The third-order valence-electron chi connectivity index (χ3n) is 3.05. The first-order chi connectivity index (χ1) is 9.29. The Hall–Kier alpha value is -1.53. The highest BCUT2D eigenvalue weighted by Crippen LogP contribution is 2.29. The molecule has 4 nitrogen and oxygen atoms in total. The molecule has 0 fully saturated rings. The van der Waals surface area contributed by atoms with Crippen LogP contribution < -0.4 is 10.2 Å². The molecular formula is C13H21F3N4. The number of hydrogen-bond donors (Lipinski definition) is 1. The van der Waals surface area contributed by atoms with E-state index in [0.29, 0.717) is 6.54 Å². The normalized spacial score (nSPS) is 13.2. The largest absolute Gasteiger partial charge is 0.451 e. The Morgan fingerprint density at radius 2 is 1.95 bits per heavy atom. The Kier molecular flexibility index (Phi) is 5.59. The van der Waals surface area contributed by atoms with E-state index >= 15 is 0 Å². The summed E-state index contributed by atoms with van der Waals surface area (Å²) in [7, 11) is 1.75. The van der Waals surface area contributed by atoms with Gasteiger partial charge in [0.05, 0.1) is 0 Å². The van der Waals surface area contributed by atoms with Gasteiger partial charge in [-0.25, -0.2) is 9.97 Å². The van der Waals surface area contributed by atoms with Crippen LogP contribution in [-0.2, 0) is 6.18 Å². The molecule has 0 spiro atoms. The van der Waals surface area contributed by atoms with Crippen LogP contribution >= 0.6 is 0 Å². The number of anilines is 2. The lowest BCUT2D eigenvalue weighted by molar-refractivity contribution is -0.144. The molecule has 1 heterocycles. The molecule has 1 unspecified atom stereocenters. The lowest BCUT2D eigenvalue weighted by atomic mass is 10.2. The van der Waals surface area contributed by atoms with Crippen LogP contribution in [0.5, 0.6) is 0 Å². The van der Waals surface area contributed by atoms with Gasteiger partial charge in [-0.05, 0) is 20.3 Å². The molecule has 0 aromatic carbocycles. The van der Waals surface area contributed by atoms with Crippen molar-refractivity contribution in [2.45, 2.75) is 45.8 Å². The summed E-state index contributed by atoms with van der Waals surface area (Å²) in [6.45, 7) is 6.31. The molecule has 0 aliphatic heterocycles. The summed E-state index contributed by atoms with van der Waals surface area (Å²) < 4.78 is 38.5. The molecule has 1 N–H and O–H groups in total. The van der Waals surface area contributed by atoms with Crippen molar-refractivity contribution in [3.05, 3.63) is 11.9 Å². The van der Waals surface area contributed by atoms with Gasteiger partial charge in [-0.1, -0.05) is 13.3 Å². The van der Waals surface area contributed by atoms with Crippen molar-refractivity contribution in [1.82, 2.24) is 9.97 Å². The van der Waals surface area contributed by atoms with Gasteiger partial charge in [0.15, 0.2) is 0 Å². The Bertz CT molecular complexity index is 434. The fourth-order valence-electron chi connectivity index (χ4n) is 1.85. The van der Waals surface area contributed by atoms with Crippen molar-refractivity contribution in [2.75, 3.05) is 23.8 Å². The van der Waals surface area contributed by atoms with Gasteiger partial charge in [0, 0.05) is 25.7 Å². The van der Waals surface area contributed by atoms with Gasteiger partial charge in [0.1, 0.15) is 11.6 Å². The molecule has 1 aromatic heterocycles. The van der Waals surface area contributed by atoms with Crippen molar-refractivity contribution in [3.8, 4) is 0 Å². The minimum absolute atomic E-state index is 0.116. The van der Waals surface area contributed by atoms with Crippen LogP contribution in [0.1, 0.15) is 39.4 Å². The van der Waals surface area contributed by atoms with Crippen molar-refractivity contribution in [2.24, 2.45) is 0 Å². The molecule has 0 saturated carbocycles. The van der Waals surface area contributed by atoms with E-state index in [1.807, 2.05) is 13.8 Å². The fraction of sp³-hybridized carbons (Fsp3) is 0.692. The smallest absolute Gasteiger partial charge is 0.370 e. The predicted molar refractivity (Wildman–Crippen MR) is 74.0 cm³/mol. The van der Waals surface area contributed by atoms with Crippen LogP contribution in [0.3, 0.4) is 0 Å². The average molecular weight is 290 g/mol. The van der Waals surface area contributed by atoms with Crippen molar-refractivity contribution in [3.63, 3.8) is 0 Å². The van der Waals surface area contributed by atoms with E-state index in [-0.39, 0.29) is 17.7 Å². The summed E-state index contributed by atoms with van der Waals surface area (Å²) in [6, 6.07) is 1.66. The van der Waals surface area contributed by atoms with E-state index in [9.17, 15) is 13.2 Å². The molecule has 1 aromatic rings. The van der Waals surface area contributed by atoms with Gasteiger partial charge in [-0.3, -0.25) is 0 Å². The Balaban J connectivity index is 3.14. The summed E-state index contributed by atoms with van der Waals surface area (Å²) in [6.07, 6.45) is -2.70. The maximum atomic E-state index is 12.8. The van der Waals surface area contributed by atoms with Crippen LogP contribution in [0.4, 0.5) is 24.8 Å². The molecule has 7 heteroatoms. The predicted octanol–water partition coefficient (Wildman–Crippen LogP) is 3.55. The highest BCUT2D eigenvalue weighted by molar-refractivity contribution is 5.49. The topological polar surface area (TPSA) is 41.0 Å². The second-order valence-electron chi connectivity index (χ2n) is 4.71. The van der Waals surface area contributed by atoms with Crippen LogP contribution in [0.25, 0.3) is 0 Å². The lowest BCUT2D eigenvalue weighted by Crippen LogP contribution is -2.30. The number of aromatic nitrogens is 2. The number of nitrogens with one attached hydrogen (secondary N) is 1. The quantitative estimate of drug-likeness (QED) is 0.870. The molecule has 0 bridgehead atoms. The van der Waals surface area contributed by atoms with E-state index in [2.05, 4.69) is 15.3 Å². The highest BCUT2D eigenvalue weighted by Gasteiger charge is 2.35. The standard InChI is InChI=1S/C13H21F3N4/c1-5-7-9(3)20(4)11-8-10(17-6-2)18-12(19-11)13(14,15)16/h8-9H,5-7H2,1-4H3,(H,17,18,19). The van der Waals surface area contributed by atoms with E-state index in [4.69, 9.17) is 0 Å². The minimum Gasteiger partial charge on any atom is -0.370 e. The molecule has 0 aliphatic carbocycles. The minimum atomic E-state index is -4.55. The maximum Gasteiger partial charge on any atom is 0.451 e. The number of nitrogens with zero attached hydrogens (tertiary/aromatic N) is 3. The maximum absolute atomic E-state index is 12.8. The summed E-state index contributed by atoms with van der Waals surface area (Å²) in [5, 5.41) is 2.81. The van der Waals surface area contributed by atoms with Crippen LogP contribution in [0.15, 0.2) is 6.07 Å². The molecule has 1 rings (SSSR count). The van der Waals surface area contributed by atoms with E-state index in [0.717, 1.165) is 12.8 Å². The third-order valence-corrected chi connectivity index (χ3v) is 3.05. The highest BCUT2D eigenvalue weighted by atomic mass is 19.4. The van der Waals surface area contributed by atoms with Crippen molar-refractivity contribution >= 4 is 11.6 Å². The van der Waals surface area contributed by atoms with E-state index in [1.165, 1.54) is 0 Å². The monoisotopic (exact) mass is 290 g/mol. The average Bonchev–Trinajstić information content (AvgIpc) is 2.37. The molecule has 0 amide bonds. The summed E-state index contributed by atoms with van der Waals surface area (Å²) in [4.78, 5) is 8.90. The first kappa shape index (κ1) is 16.5. The van der Waals surface area contributed by atoms with Gasteiger partial charge in [-0.2, -0.15) is 13.2 Å². The molecule has 1 atom stereocenters. The number of rotatable bonds is 6. The van der Waals surface area contributed by atoms with Crippen LogP contribution in [0.2, 0.25) is 0 Å². The Morgan fingerprint density at radius 3 is 2.45 bits per heavy atom. The Morgan fingerprint density at radius 1 is 1.30 bits per heavy atom. The molecular weight excluding hydrogens is 269 g/mol. The first-order valence-corrected chi connectivity index (χ1v) is 6.72. The van der Waals surface area contributed by atoms with E-state index < -0.39 is 12.0 Å². The number of alkyl halides is 3. The second-order valence-corrected chi connectivity index (χ2v) is 4.71. The van der Waals surface area contributed by atoms with Gasteiger partial charge in [0.2, 0.25) is 5.82 Å². The molecule has 0 radical (unpaired) electrons. The van der Waals surface area contributed by atoms with Gasteiger partial charge >= 0.3 is 6.18 Å². The molecule has 0 saturated heterocycles. The molecule has 114 valence electrons. The zero-order valence-corrected chi connectivity index (χ0v) is 12.3. The second kappa shape index (κ2) is 6.76. The van der Waals surface area contributed by atoms with Crippen molar-refractivity contribution < 1.29 is 13.2 Å². The zero-order valence-electron chi connectivity index (χ0n) is 12.3. The lowest BCUT2D eigenvalue weighted by Gasteiger charge is -2.26. The van der Waals surface area contributed by atoms with Crippen molar-refractivity contribution in [1.29, 1.82) is 0 Å². The molecule has 0 aliphatic rings. The number of halogens is 3. The first-order valence-electron chi connectivity index (χ1n) is 6.72. The zero-order chi connectivity index (χ0) is 15.3. The van der Waals surface area contributed by atoms with Crippen LogP contribution in [0, 0.1) is 0 Å². The summed E-state index contributed by atoms with van der Waals surface area (Å²) in [5.74, 6) is -0.633. The molecule has 20 heavy (non-hydrogen) atoms. The third kappa shape index (κ3) is 4.25. The number of hydrogen-bond acceptors (Lipinski definition) is 4. The van der Waals surface area contributed by atoms with Gasteiger partial charge in [0.25, 0.3) is 0 Å². The SMILES string of the molecule is CCCC(C)N(C)c1cc(NCC)nc(C(F)(F)F)n1. The van der Waals surface area contributed by atoms with Crippen LogP contribution in [-0.4, -0.2) is 29.6 Å². The van der Waals surface area contributed by atoms with Gasteiger partial charge in [-0.15, -0.1) is 0 Å². The summed E-state index contributed by atoms with van der Waals surface area (Å²) >= 11 is 0. The van der Waals surface area contributed by atoms with Gasteiger partial charge < -0.3 is 10.2 Å². The summed E-state index contributed by atoms with van der Waals surface area (Å²) in [5.41, 5.74) is 0. The van der Waals surface area contributed by atoms with E-state index in [1.54, 1.807) is 24.9 Å². The Labute approximate surface area is 117 Å². The fourth-order valence-corrected chi connectivity index (χ4v) is 1.85.